The molecule has 0 fully saturated rings. The minimum Gasteiger partial charge on any atom is -0.463 e. The number of aromatic nitrogens is 1. The summed E-state index contributed by atoms with van der Waals surface area (Å²) in [7, 11) is 0. The fraction of sp³-hybridized carbons (Fsp3) is 0.385. The molecule has 0 N–H and O–H groups in total. The molecule has 0 saturated carbocycles. The van der Waals surface area contributed by atoms with Crippen LogP contribution in [0.2, 0.25) is 0 Å². The van der Waals surface area contributed by atoms with Gasteiger partial charge >= 0.3 is 17.9 Å². The van der Waals surface area contributed by atoms with Crippen molar-refractivity contribution < 1.29 is 28.6 Å². The van der Waals surface area contributed by atoms with Crippen LogP contribution in [0.15, 0.2) is 94.3 Å². The van der Waals surface area contributed by atoms with Crippen LogP contribution in [0.4, 0.5) is 27.2 Å². The summed E-state index contributed by atoms with van der Waals surface area (Å²) in [4.78, 5) is 42.3. The number of rotatable bonds is 23. The summed E-state index contributed by atoms with van der Waals surface area (Å²) in [5.41, 5.74) is 3.82. The highest BCUT2D eigenvalue weighted by Crippen LogP contribution is 2.39. The molecule has 14 heteroatoms. The fourth-order valence-electron chi connectivity index (χ4n) is 5.15. The lowest BCUT2D eigenvalue weighted by Gasteiger charge is -2.23. The van der Waals surface area contributed by atoms with E-state index in [0.29, 0.717) is 41.1 Å². The molecule has 0 atom stereocenters. The third kappa shape index (κ3) is 13.8. The second-order valence-electron chi connectivity index (χ2n) is 12.0. The van der Waals surface area contributed by atoms with E-state index in [1.54, 1.807) is 24.3 Å². The maximum Gasteiger partial charge on any atom is 0.338 e. The lowest BCUT2D eigenvalue weighted by molar-refractivity contribution is -0.138. The number of carbonyl (C=O) groups is 3. The average molecular weight is 759 g/mol. The van der Waals surface area contributed by atoms with Gasteiger partial charge in [-0.15, -0.1) is 20.5 Å². The van der Waals surface area contributed by atoms with Gasteiger partial charge < -0.3 is 19.1 Å². The molecule has 0 bridgehead atoms. The van der Waals surface area contributed by atoms with Crippen molar-refractivity contribution in [2.45, 2.75) is 65.2 Å². The van der Waals surface area contributed by atoms with Crippen molar-refractivity contribution in [2.24, 2.45) is 20.5 Å². The number of hydrogen-bond acceptors (Lipinski definition) is 14. The Morgan fingerprint density at radius 2 is 1.40 bits per heavy atom. The summed E-state index contributed by atoms with van der Waals surface area (Å²) in [6.07, 6.45) is 10.6. The molecule has 53 heavy (non-hydrogen) atoms. The summed E-state index contributed by atoms with van der Waals surface area (Å²) < 4.78 is 16.5. The number of thiazole rings is 1. The molecule has 0 aliphatic heterocycles. The smallest absolute Gasteiger partial charge is 0.338 e. The number of unbranched alkanes of at least 4 members (excludes halogenated alkanes) is 7. The lowest BCUT2D eigenvalue weighted by atomic mass is 10.1. The topological polar surface area (TPSA) is 144 Å². The Balaban J connectivity index is 1.16. The zero-order valence-electron chi connectivity index (χ0n) is 30.3. The number of hydrogen-bond donors (Lipinski definition) is 0. The van der Waals surface area contributed by atoms with Crippen LogP contribution in [-0.4, -0.2) is 55.8 Å². The van der Waals surface area contributed by atoms with E-state index in [0.717, 1.165) is 90.5 Å². The molecule has 0 spiro atoms. The van der Waals surface area contributed by atoms with Gasteiger partial charge in [-0.1, -0.05) is 74.4 Å². The number of fused-ring (bicyclic) bond motifs is 1. The second kappa shape index (κ2) is 22.1. The SMILES string of the molecule is C=CC(=O)OCCCCCCCCCCOC(=O)c1ccc(N=Nc2cc3sc(N=Nc4ccc(N(CC)CCOC(=O)C=C)cc4C)nc3s2)cc1. The highest BCUT2D eigenvalue weighted by Gasteiger charge is 2.11. The number of aryl methyl sites for hydroxylation is 1. The first-order valence-corrected chi connectivity index (χ1v) is 19.4. The van der Waals surface area contributed by atoms with Crippen LogP contribution in [0.3, 0.4) is 0 Å². The van der Waals surface area contributed by atoms with Gasteiger partial charge in [-0.05, 0) is 80.8 Å². The van der Waals surface area contributed by atoms with Gasteiger partial charge in [-0.25, -0.2) is 19.4 Å². The number of carbonyl (C=O) groups excluding carboxylic acids is 3. The highest BCUT2D eigenvalue weighted by atomic mass is 32.1. The van der Waals surface area contributed by atoms with Crippen molar-refractivity contribution >= 4 is 77.3 Å². The maximum atomic E-state index is 12.5. The Morgan fingerprint density at radius 3 is 2.02 bits per heavy atom. The zero-order valence-corrected chi connectivity index (χ0v) is 32.0. The Bertz CT molecular complexity index is 1850. The quantitative estimate of drug-likeness (QED) is 0.0239. The van der Waals surface area contributed by atoms with Gasteiger partial charge in [0.05, 0.1) is 41.4 Å². The third-order valence-corrected chi connectivity index (χ3v) is 9.99. The van der Waals surface area contributed by atoms with Gasteiger partial charge in [0.15, 0.2) is 0 Å². The average Bonchev–Trinajstić information content (AvgIpc) is 3.74. The lowest BCUT2D eigenvalue weighted by Crippen LogP contribution is -2.27. The standard InChI is InChI=1S/C39H46N6O6S2/c1-5-35(46)49-23-14-12-10-8-9-11-13-15-24-51-38(48)29-16-18-30(19-17-29)41-43-34-27-33-37(53-34)40-39(52-33)44-42-32-21-20-31(26-28(32)4)45(7-3)22-25-50-36(47)6-2/h5-6,16-21,26-27H,1-2,7-15,22-25H2,3-4H3. The molecule has 280 valence electrons. The summed E-state index contributed by atoms with van der Waals surface area (Å²) in [6, 6.07) is 14.7. The molecule has 0 aliphatic rings. The van der Waals surface area contributed by atoms with E-state index in [-0.39, 0.29) is 18.5 Å². The molecule has 0 saturated heterocycles. The molecule has 12 nitrogen and oxygen atoms in total. The van der Waals surface area contributed by atoms with Crippen molar-refractivity contribution in [3.05, 3.63) is 85.0 Å². The van der Waals surface area contributed by atoms with Gasteiger partial charge in [-0.2, -0.15) is 0 Å². The normalized spacial score (nSPS) is 11.3. The Hall–Kier alpha value is -5.08. The molecule has 0 aliphatic carbocycles. The van der Waals surface area contributed by atoms with Crippen LogP contribution in [0.5, 0.6) is 0 Å². The van der Waals surface area contributed by atoms with Gasteiger partial charge in [-0.3, -0.25) is 0 Å². The molecule has 4 aromatic rings. The van der Waals surface area contributed by atoms with E-state index in [2.05, 4.69) is 43.5 Å². The molecule has 4 rings (SSSR count). The van der Waals surface area contributed by atoms with E-state index >= 15 is 0 Å². The summed E-state index contributed by atoms with van der Waals surface area (Å²) in [6.45, 7) is 13.3. The number of ether oxygens (including phenoxy) is 3. The monoisotopic (exact) mass is 758 g/mol. The largest absolute Gasteiger partial charge is 0.463 e. The van der Waals surface area contributed by atoms with Crippen molar-refractivity contribution in [2.75, 3.05) is 37.8 Å². The molecule has 2 heterocycles. The second-order valence-corrected chi connectivity index (χ2v) is 14.0. The molecular weight excluding hydrogens is 713 g/mol. The zero-order chi connectivity index (χ0) is 37.8. The number of esters is 3. The van der Waals surface area contributed by atoms with Crippen molar-refractivity contribution in [3.63, 3.8) is 0 Å². The number of anilines is 1. The van der Waals surface area contributed by atoms with Gasteiger partial charge in [0, 0.05) is 24.4 Å². The number of nitrogens with zero attached hydrogens (tertiary/aromatic N) is 6. The molecular formula is C39H46N6O6S2. The number of azo groups is 2. The van der Waals surface area contributed by atoms with Crippen LogP contribution < -0.4 is 4.90 Å². The van der Waals surface area contributed by atoms with E-state index < -0.39 is 5.97 Å². The van der Waals surface area contributed by atoms with Crippen LogP contribution in [0.1, 0.15) is 74.2 Å². The van der Waals surface area contributed by atoms with Crippen LogP contribution in [0.25, 0.3) is 9.53 Å². The van der Waals surface area contributed by atoms with E-state index in [9.17, 15) is 14.4 Å². The Morgan fingerprint density at radius 1 is 0.755 bits per heavy atom. The first-order valence-electron chi connectivity index (χ1n) is 17.7. The van der Waals surface area contributed by atoms with Crippen molar-refractivity contribution in [3.8, 4) is 0 Å². The fourth-order valence-corrected chi connectivity index (χ4v) is 7.00. The molecule has 0 radical (unpaired) electrons. The summed E-state index contributed by atoms with van der Waals surface area (Å²) in [5.74, 6) is -1.14. The number of likely N-dealkylation sites (N-methyl/N-ethyl adjacent to an activating group) is 1. The Labute approximate surface area is 318 Å². The molecule has 2 aromatic carbocycles. The molecule has 2 aromatic heterocycles. The predicted molar refractivity (Wildman–Crippen MR) is 211 cm³/mol. The van der Waals surface area contributed by atoms with E-state index in [1.807, 2.05) is 38.1 Å². The van der Waals surface area contributed by atoms with Gasteiger partial charge in [0.25, 0.3) is 0 Å². The highest BCUT2D eigenvalue weighted by molar-refractivity contribution is 7.30. The molecule has 0 unspecified atom stereocenters. The van der Waals surface area contributed by atoms with Crippen molar-refractivity contribution in [1.82, 2.24) is 4.98 Å². The van der Waals surface area contributed by atoms with Gasteiger partial charge in [0.1, 0.15) is 16.4 Å². The minimum atomic E-state index is -0.430. The van der Waals surface area contributed by atoms with Crippen molar-refractivity contribution in [1.29, 1.82) is 0 Å². The number of benzene rings is 2. The van der Waals surface area contributed by atoms with E-state index in [1.165, 1.54) is 28.7 Å². The predicted octanol–water partition coefficient (Wildman–Crippen LogP) is 11.1. The van der Waals surface area contributed by atoms with Crippen LogP contribution in [0, 0.1) is 6.92 Å². The Kier molecular flexibility index (Phi) is 17.0. The molecule has 0 amide bonds. The van der Waals surface area contributed by atoms with Gasteiger partial charge in [0.2, 0.25) is 5.13 Å². The first kappa shape index (κ1) is 40.7. The minimum absolute atomic E-state index is 0.278. The summed E-state index contributed by atoms with van der Waals surface area (Å²) >= 11 is 2.84. The first-order chi connectivity index (χ1) is 25.8. The van der Waals surface area contributed by atoms with E-state index in [4.69, 9.17) is 14.2 Å². The third-order valence-electron chi connectivity index (χ3n) is 8.06. The summed E-state index contributed by atoms with van der Waals surface area (Å²) in [5, 5.41) is 18.8. The maximum absolute atomic E-state index is 12.5. The van der Waals surface area contributed by atoms with Crippen LogP contribution in [-0.2, 0) is 23.8 Å². The number of thiophene rings is 1. The van der Waals surface area contributed by atoms with Crippen LogP contribution >= 0.6 is 22.7 Å².